The SMILES string of the molecule is Cc1c(-c2ccc(C3CC(COCNc4ccc(F)c(Cl)c4)N(C)S(=O)(=O)N3)s2)cnn1C. The number of nitrogens with one attached hydrogen (secondary N) is 2. The third-order valence-electron chi connectivity index (χ3n) is 5.77. The van der Waals surface area contributed by atoms with Crippen LogP contribution in [0, 0.1) is 12.7 Å². The zero-order valence-electron chi connectivity index (χ0n) is 18.4. The summed E-state index contributed by atoms with van der Waals surface area (Å²) in [5.74, 6) is -0.494. The van der Waals surface area contributed by atoms with E-state index in [1.54, 1.807) is 24.5 Å². The highest BCUT2D eigenvalue weighted by Crippen LogP contribution is 2.37. The highest BCUT2D eigenvalue weighted by atomic mass is 35.5. The summed E-state index contributed by atoms with van der Waals surface area (Å²) in [6.07, 6.45) is 2.38. The molecule has 0 amide bonds. The number of hydrogen-bond acceptors (Lipinski definition) is 6. The van der Waals surface area contributed by atoms with Crippen LogP contribution in [0.4, 0.5) is 10.1 Å². The summed E-state index contributed by atoms with van der Waals surface area (Å²) < 4.78 is 50.3. The molecule has 1 saturated heterocycles. The Morgan fingerprint density at radius 1 is 1.33 bits per heavy atom. The zero-order chi connectivity index (χ0) is 23.8. The Labute approximate surface area is 201 Å². The van der Waals surface area contributed by atoms with Gasteiger partial charge in [0.1, 0.15) is 12.5 Å². The van der Waals surface area contributed by atoms with Crippen LogP contribution in [0.2, 0.25) is 5.02 Å². The number of ether oxygens (including phenoxy) is 1. The largest absolute Gasteiger partial charge is 0.363 e. The maximum atomic E-state index is 13.3. The minimum Gasteiger partial charge on any atom is -0.363 e. The van der Waals surface area contributed by atoms with Gasteiger partial charge < -0.3 is 10.1 Å². The number of halogens is 2. The molecule has 8 nitrogen and oxygen atoms in total. The summed E-state index contributed by atoms with van der Waals surface area (Å²) in [4.78, 5) is 1.98. The Morgan fingerprint density at radius 3 is 2.82 bits per heavy atom. The molecule has 3 heterocycles. The van der Waals surface area contributed by atoms with Crippen LogP contribution in [0.1, 0.15) is 23.0 Å². The monoisotopic (exact) mass is 513 g/mol. The van der Waals surface area contributed by atoms with Gasteiger partial charge in [-0.25, -0.2) is 4.39 Å². The second kappa shape index (κ2) is 9.69. The van der Waals surface area contributed by atoms with Gasteiger partial charge in [-0.05, 0) is 43.7 Å². The molecule has 0 bridgehead atoms. The molecule has 0 saturated carbocycles. The van der Waals surface area contributed by atoms with E-state index in [1.165, 1.54) is 16.4 Å². The average molecular weight is 514 g/mol. The molecule has 0 spiro atoms. The van der Waals surface area contributed by atoms with Gasteiger partial charge in [0.2, 0.25) is 0 Å². The first-order chi connectivity index (χ1) is 15.7. The number of aromatic nitrogens is 2. The Hall–Kier alpha value is -2.02. The Morgan fingerprint density at radius 2 is 2.12 bits per heavy atom. The summed E-state index contributed by atoms with van der Waals surface area (Å²) in [5, 5.41) is 7.30. The number of rotatable bonds is 7. The van der Waals surface area contributed by atoms with E-state index in [0.717, 1.165) is 21.0 Å². The van der Waals surface area contributed by atoms with Gasteiger partial charge in [0.15, 0.2) is 0 Å². The molecule has 1 aromatic carbocycles. The quantitative estimate of drug-likeness (QED) is 0.369. The third-order valence-corrected chi connectivity index (χ3v) is 8.93. The Kier molecular flexibility index (Phi) is 7.08. The topological polar surface area (TPSA) is 88.5 Å². The standard InChI is InChI=1S/C21H25ClFN5O3S2/c1-13-16(10-25-27(13)2)20-6-7-21(32-20)19-9-15(28(3)33(29,30)26-19)11-31-12-24-14-4-5-18(23)17(22)8-14/h4-8,10,15,19,24,26H,9,11-12H2,1-3H3. The van der Waals surface area contributed by atoms with Crippen LogP contribution in [0.15, 0.2) is 36.5 Å². The van der Waals surface area contributed by atoms with Crippen molar-refractivity contribution in [2.45, 2.75) is 25.4 Å². The van der Waals surface area contributed by atoms with E-state index in [2.05, 4.69) is 15.1 Å². The first-order valence-electron chi connectivity index (χ1n) is 10.3. The smallest absolute Gasteiger partial charge is 0.280 e. The minimum atomic E-state index is -3.65. The van der Waals surface area contributed by atoms with Crippen molar-refractivity contribution in [3.8, 4) is 10.4 Å². The Bertz CT molecular complexity index is 1250. The first kappa shape index (κ1) is 24.1. The summed E-state index contributed by atoms with van der Waals surface area (Å²) in [6.45, 7) is 2.34. The van der Waals surface area contributed by atoms with E-state index in [-0.39, 0.29) is 30.4 Å². The summed E-state index contributed by atoms with van der Waals surface area (Å²) >= 11 is 7.34. The molecule has 1 aliphatic heterocycles. The molecular formula is C21H25ClFN5O3S2. The van der Waals surface area contributed by atoms with Crippen LogP contribution in [-0.4, -0.2) is 48.9 Å². The maximum Gasteiger partial charge on any atom is 0.280 e. The molecule has 2 atom stereocenters. The third kappa shape index (κ3) is 5.23. The number of benzene rings is 1. The van der Waals surface area contributed by atoms with E-state index < -0.39 is 16.0 Å². The average Bonchev–Trinajstić information content (AvgIpc) is 3.38. The second-order valence-corrected chi connectivity index (χ2v) is 11.2. The van der Waals surface area contributed by atoms with Crippen LogP contribution in [0.5, 0.6) is 0 Å². The Balaban J connectivity index is 1.41. The van der Waals surface area contributed by atoms with Gasteiger partial charge in [-0.15, -0.1) is 11.3 Å². The molecule has 0 aliphatic carbocycles. The number of nitrogens with zero attached hydrogens (tertiary/aromatic N) is 3. The molecule has 178 valence electrons. The summed E-state index contributed by atoms with van der Waals surface area (Å²) in [7, 11) is -0.221. The number of likely N-dealkylation sites (N-methyl/N-ethyl adjacent to an activating group) is 1. The lowest BCUT2D eigenvalue weighted by Gasteiger charge is -2.36. The molecule has 1 aliphatic rings. The predicted molar refractivity (Wildman–Crippen MR) is 128 cm³/mol. The van der Waals surface area contributed by atoms with Gasteiger partial charge in [-0.2, -0.15) is 22.5 Å². The lowest BCUT2D eigenvalue weighted by atomic mass is 10.1. The number of thiophene rings is 1. The predicted octanol–water partition coefficient (Wildman–Crippen LogP) is 3.92. The maximum absolute atomic E-state index is 13.3. The lowest BCUT2D eigenvalue weighted by molar-refractivity contribution is 0.0944. The van der Waals surface area contributed by atoms with Crippen molar-refractivity contribution in [1.82, 2.24) is 18.8 Å². The molecule has 0 radical (unpaired) electrons. The number of aryl methyl sites for hydroxylation is 1. The highest BCUT2D eigenvalue weighted by molar-refractivity contribution is 7.87. The van der Waals surface area contributed by atoms with Crippen LogP contribution in [0.3, 0.4) is 0 Å². The van der Waals surface area contributed by atoms with Crippen molar-refractivity contribution in [2.75, 3.05) is 25.7 Å². The van der Waals surface area contributed by atoms with Gasteiger partial charge in [0, 0.05) is 40.8 Å². The van der Waals surface area contributed by atoms with E-state index in [9.17, 15) is 12.8 Å². The van der Waals surface area contributed by atoms with Crippen LogP contribution >= 0.6 is 22.9 Å². The van der Waals surface area contributed by atoms with Gasteiger partial charge >= 0.3 is 0 Å². The summed E-state index contributed by atoms with van der Waals surface area (Å²) in [6, 6.07) is 7.56. The van der Waals surface area contributed by atoms with E-state index in [0.29, 0.717) is 12.1 Å². The molecule has 2 aromatic heterocycles. The van der Waals surface area contributed by atoms with Gasteiger partial charge in [-0.1, -0.05) is 11.6 Å². The van der Waals surface area contributed by atoms with Crippen molar-refractivity contribution in [3.63, 3.8) is 0 Å². The fourth-order valence-corrected chi connectivity index (χ4v) is 6.31. The molecule has 33 heavy (non-hydrogen) atoms. The normalized spacial score (nSPS) is 20.8. The van der Waals surface area contributed by atoms with Crippen molar-refractivity contribution in [2.24, 2.45) is 7.05 Å². The minimum absolute atomic E-state index is 0.0174. The van der Waals surface area contributed by atoms with Crippen LogP contribution < -0.4 is 10.0 Å². The van der Waals surface area contributed by atoms with Crippen molar-refractivity contribution >= 4 is 38.8 Å². The lowest BCUT2D eigenvalue weighted by Crippen LogP contribution is -2.53. The molecule has 12 heteroatoms. The number of hydrogen-bond donors (Lipinski definition) is 2. The van der Waals surface area contributed by atoms with Gasteiger partial charge in [0.05, 0.1) is 29.9 Å². The van der Waals surface area contributed by atoms with Gasteiger partial charge in [0.25, 0.3) is 10.2 Å². The van der Waals surface area contributed by atoms with Crippen molar-refractivity contribution < 1.29 is 17.5 Å². The molecular weight excluding hydrogens is 489 g/mol. The van der Waals surface area contributed by atoms with E-state index >= 15 is 0 Å². The van der Waals surface area contributed by atoms with Crippen LogP contribution in [-0.2, 0) is 22.0 Å². The number of anilines is 1. The first-order valence-corrected chi connectivity index (χ1v) is 12.9. The fraction of sp³-hybridized carbons (Fsp3) is 0.381. The van der Waals surface area contributed by atoms with Gasteiger partial charge in [-0.3, -0.25) is 4.68 Å². The second-order valence-electron chi connectivity index (χ2n) is 7.87. The molecule has 2 unspecified atom stereocenters. The zero-order valence-corrected chi connectivity index (χ0v) is 20.8. The van der Waals surface area contributed by atoms with Crippen molar-refractivity contribution in [3.05, 3.63) is 57.9 Å². The van der Waals surface area contributed by atoms with Crippen molar-refractivity contribution in [1.29, 1.82) is 0 Å². The molecule has 3 aromatic rings. The fourth-order valence-electron chi connectivity index (χ4n) is 3.64. The van der Waals surface area contributed by atoms with Crippen LogP contribution in [0.25, 0.3) is 10.4 Å². The molecule has 2 N–H and O–H groups in total. The molecule has 4 rings (SSSR count). The summed E-state index contributed by atoms with van der Waals surface area (Å²) in [5.41, 5.74) is 2.70. The highest BCUT2D eigenvalue weighted by Gasteiger charge is 2.37. The molecule has 1 fully saturated rings. The van der Waals surface area contributed by atoms with E-state index in [1.807, 2.05) is 37.0 Å². The van der Waals surface area contributed by atoms with E-state index in [4.69, 9.17) is 16.3 Å².